The molecule has 2 rings (SSSR count). The number of hydrogen-bond donors (Lipinski definition) is 1. The highest BCUT2D eigenvalue weighted by Crippen LogP contribution is 2.31. The number of amides is 2. The van der Waals surface area contributed by atoms with Crippen molar-refractivity contribution in [2.45, 2.75) is 19.9 Å². The van der Waals surface area contributed by atoms with Crippen LogP contribution in [0, 0.1) is 11.3 Å². The first-order valence-corrected chi connectivity index (χ1v) is 7.22. The van der Waals surface area contributed by atoms with Crippen molar-refractivity contribution in [1.82, 2.24) is 0 Å². The zero-order valence-electron chi connectivity index (χ0n) is 12.9. The first kappa shape index (κ1) is 16.4. The second kappa shape index (κ2) is 7.31. The quantitative estimate of drug-likeness (QED) is 0.925. The van der Waals surface area contributed by atoms with Crippen molar-refractivity contribution in [3.8, 4) is 6.07 Å². The summed E-state index contributed by atoms with van der Waals surface area (Å²) in [5.41, 5.74) is 1.77. The molecule has 0 aliphatic carbocycles. The van der Waals surface area contributed by atoms with Gasteiger partial charge in [-0.2, -0.15) is 5.26 Å². The molecule has 1 aliphatic rings. The maximum atomic E-state index is 12.1. The lowest BCUT2D eigenvalue weighted by atomic mass is 10.0. The van der Waals surface area contributed by atoms with Gasteiger partial charge in [0, 0.05) is 11.3 Å². The van der Waals surface area contributed by atoms with Gasteiger partial charge in [-0.1, -0.05) is 6.08 Å². The van der Waals surface area contributed by atoms with E-state index >= 15 is 0 Å². The Bertz CT molecular complexity index is 678. The van der Waals surface area contributed by atoms with Gasteiger partial charge in [-0.15, -0.1) is 0 Å². The molecule has 1 aliphatic heterocycles. The highest BCUT2D eigenvalue weighted by Gasteiger charge is 2.29. The van der Waals surface area contributed by atoms with Crippen LogP contribution in [-0.2, 0) is 9.47 Å². The van der Waals surface area contributed by atoms with Gasteiger partial charge in [0.05, 0.1) is 25.0 Å². The predicted molar refractivity (Wildman–Crippen MR) is 85.0 cm³/mol. The molecule has 1 unspecified atom stereocenters. The van der Waals surface area contributed by atoms with Crippen molar-refractivity contribution in [2.24, 2.45) is 0 Å². The number of carbonyl (C=O) groups excluding carboxylic acids is 2. The van der Waals surface area contributed by atoms with Gasteiger partial charge in [0.25, 0.3) is 0 Å². The van der Waals surface area contributed by atoms with Crippen LogP contribution in [-0.4, -0.2) is 31.4 Å². The van der Waals surface area contributed by atoms with Gasteiger partial charge < -0.3 is 9.47 Å². The van der Waals surface area contributed by atoms with Gasteiger partial charge in [0.15, 0.2) is 0 Å². The molecule has 7 heteroatoms. The summed E-state index contributed by atoms with van der Waals surface area (Å²) in [4.78, 5) is 24.8. The monoisotopic (exact) mass is 315 g/mol. The minimum absolute atomic E-state index is 0.217. The molecule has 120 valence electrons. The van der Waals surface area contributed by atoms with E-state index in [2.05, 4.69) is 5.32 Å². The molecule has 0 spiro atoms. The zero-order chi connectivity index (χ0) is 16.8. The molecule has 0 saturated heterocycles. The van der Waals surface area contributed by atoms with Gasteiger partial charge in [-0.3, -0.25) is 10.2 Å². The van der Waals surface area contributed by atoms with Gasteiger partial charge >= 0.3 is 12.2 Å². The van der Waals surface area contributed by atoms with E-state index in [0.29, 0.717) is 16.9 Å². The molecule has 7 nitrogen and oxygen atoms in total. The summed E-state index contributed by atoms with van der Waals surface area (Å²) in [6, 6.07) is 6.30. The highest BCUT2D eigenvalue weighted by atomic mass is 16.6. The Kier molecular flexibility index (Phi) is 5.20. The van der Waals surface area contributed by atoms with E-state index in [0.717, 1.165) is 0 Å². The van der Waals surface area contributed by atoms with E-state index in [1.54, 1.807) is 44.2 Å². The molecule has 0 saturated carbocycles. The van der Waals surface area contributed by atoms with Crippen LogP contribution in [0.15, 0.2) is 24.3 Å². The Morgan fingerprint density at radius 3 is 2.70 bits per heavy atom. The normalized spacial score (nSPS) is 15.3. The smallest absolute Gasteiger partial charge is 0.415 e. The summed E-state index contributed by atoms with van der Waals surface area (Å²) in [7, 11) is 0. The number of rotatable bonds is 3. The predicted octanol–water partition coefficient (Wildman–Crippen LogP) is 3.14. The minimum atomic E-state index is -0.731. The van der Waals surface area contributed by atoms with Crippen molar-refractivity contribution in [3.05, 3.63) is 29.8 Å². The van der Waals surface area contributed by atoms with Crippen LogP contribution in [0.2, 0.25) is 0 Å². The molecule has 0 bridgehead atoms. The van der Waals surface area contributed by atoms with E-state index in [4.69, 9.17) is 9.47 Å². The van der Waals surface area contributed by atoms with Crippen molar-refractivity contribution in [2.75, 3.05) is 23.4 Å². The molecule has 1 aromatic carbocycles. The number of fused-ring (bicyclic) bond motifs is 1. The van der Waals surface area contributed by atoms with Gasteiger partial charge in [-0.25, -0.2) is 9.59 Å². The fourth-order valence-electron chi connectivity index (χ4n) is 2.21. The van der Waals surface area contributed by atoms with E-state index in [9.17, 15) is 14.9 Å². The minimum Gasteiger partial charge on any atom is -0.450 e. The first-order valence-electron chi connectivity index (χ1n) is 7.22. The molecule has 23 heavy (non-hydrogen) atoms. The number of hydrogen-bond acceptors (Lipinski definition) is 5. The lowest BCUT2D eigenvalue weighted by Gasteiger charge is -2.29. The Morgan fingerprint density at radius 1 is 1.30 bits per heavy atom. The standard InChI is InChI=1S/C16H17N3O4/c1-3-22-15(20)18-12-6-8-14-11(9-12)5-7-13(10-17)19(14)16(21)23-4-2/h5-9,13H,3-4H2,1-2H3,(H,18,20). The second-order valence-corrected chi connectivity index (χ2v) is 4.62. The second-order valence-electron chi connectivity index (χ2n) is 4.62. The van der Waals surface area contributed by atoms with Crippen LogP contribution in [0.1, 0.15) is 19.4 Å². The Hall–Kier alpha value is -3.01. The van der Waals surface area contributed by atoms with Crippen molar-refractivity contribution >= 4 is 29.6 Å². The third-order valence-electron chi connectivity index (χ3n) is 3.14. The fourth-order valence-corrected chi connectivity index (χ4v) is 2.21. The number of nitriles is 1. The van der Waals surface area contributed by atoms with Crippen molar-refractivity contribution in [3.63, 3.8) is 0 Å². The SMILES string of the molecule is CCOC(=O)Nc1ccc2c(c1)C=CC(C#N)N2C(=O)OCC. The van der Waals surface area contributed by atoms with Crippen LogP contribution in [0.25, 0.3) is 6.08 Å². The summed E-state index contributed by atoms with van der Waals surface area (Å²) in [5.74, 6) is 0. The van der Waals surface area contributed by atoms with Crippen LogP contribution in [0.5, 0.6) is 0 Å². The van der Waals surface area contributed by atoms with Gasteiger partial charge in [0.2, 0.25) is 0 Å². The maximum Gasteiger partial charge on any atom is 0.415 e. The van der Waals surface area contributed by atoms with Crippen LogP contribution >= 0.6 is 0 Å². The Balaban J connectivity index is 2.31. The van der Waals surface area contributed by atoms with Crippen LogP contribution < -0.4 is 10.2 Å². The highest BCUT2D eigenvalue weighted by molar-refractivity contribution is 5.95. The molecule has 1 N–H and O–H groups in total. The number of anilines is 2. The number of nitrogens with one attached hydrogen (secondary N) is 1. The molecular formula is C16H17N3O4. The fraction of sp³-hybridized carbons (Fsp3) is 0.312. The summed E-state index contributed by atoms with van der Waals surface area (Å²) in [6.45, 7) is 3.91. The summed E-state index contributed by atoms with van der Waals surface area (Å²) < 4.78 is 9.83. The molecule has 1 heterocycles. The summed E-state index contributed by atoms with van der Waals surface area (Å²) >= 11 is 0. The van der Waals surface area contributed by atoms with Gasteiger partial charge in [-0.05, 0) is 38.1 Å². The summed E-state index contributed by atoms with van der Waals surface area (Å²) in [5, 5.41) is 11.8. The van der Waals surface area contributed by atoms with Crippen molar-refractivity contribution in [1.29, 1.82) is 5.26 Å². The Labute approximate surface area is 134 Å². The van der Waals surface area contributed by atoms with E-state index in [1.807, 2.05) is 6.07 Å². The lowest BCUT2D eigenvalue weighted by Crippen LogP contribution is -2.40. The Morgan fingerprint density at radius 2 is 2.04 bits per heavy atom. The van der Waals surface area contributed by atoms with Gasteiger partial charge in [0.1, 0.15) is 6.04 Å². The number of ether oxygens (including phenoxy) is 2. The number of nitrogens with zero attached hydrogens (tertiary/aromatic N) is 2. The molecule has 1 aromatic rings. The van der Waals surface area contributed by atoms with E-state index < -0.39 is 18.2 Å². The third-order valence-corrected chi connectivity index (χ3v) is 3.14. The van der Waals surface area contributed by atoms with Crippen molar-refractivity contribution < 1.29 is 19.1 Å². The third kappa shape index (κ3) is 3.61. The molecular weight excluding hydrogens is 298 g/mol. The van der Waals surface area contributed by atoms with Crippen LogP contribution in [0.4, 0.5) is 21.0 Å². The van der Waals surface area contributed by atoms with E-state index in [-0.39, 0.29) is 13.2 Å². The number of carbonyl (C=O) groups is 2. The topological polar surface area (TPSA) is 91.7 Å². The average molecular weight is 315 g/mol. The van der Waals surface area contributed by atoms with Crippen LogP contribution in [0.3, 0.4) is 0 Å². The molecule has 1 atom stereocenters. The molecule has 2 amide bonds. The maximum absolute atomic E-state index is 12.1. The average Bonchev–Trinajstić information content (AvgIpc) is 2.54. The summed E-state index contributed by atoms with van der Waals surface area (Å²) in [6.07, 6.45) is 2.20. The first-order chi connectivity index (χ1) is 11.1. The molecule has 0 fully saturated rings. The molecule has 0 aromatic heterocycles. The van der Waals surface area contributed by atoms with E-state index in [1.165, 1.54) is 4.90 Å². The zero-order valence-corrected chi connectivity index (χ0v) is 12.9. The molecule has 0 radical (unpaired) electrons. The number of benzene rings is 1. The lowest BCUT2D eigenvalue weighted by molar-refractivity contribution is 0.159. The largest absolute Gasteiger partial charge is 0.450 e.